The molecule has 58 valence electrons. The van der Waals surface area contributed by atoms with Crippen LogP contribution < -0.4 is 0 Å². The van der Waals surface area contributed by atoms with Crippen LogP contribution in [0.5, 0.6) is 0 Å². The van der Waals surface area contributed by atoms with Gasteiger partial charge in [-0.3, -0.25) is 10.1 Å². The van der Waals surface area contributed by atoms with E-state index in [-0.39, 0.29) is 4.61 Å². The summed E-state index contributed by atoms with van der Waals surface area (Å²) in [6, 6.07) is 0. The van der Waals surface area contributed by atoms with E-state index in [0.717, 1.165) is 0 Å². The molecule has 3 nitrogen and oxygen atoms in total. The zero-order valence-corrected chi connectivity index (χ0v) is 10.7. The van der Waals surface area contributed by atoms with Crippen LogP contribution in [0.2, 0.25) is 0 Å². The van der Waals surface area contributed by atoms with Gasteiger partial charge in [-0.15, -0.1) is 0 Å². The Bertz CT molecular complexity index is 172. The van der Waals surface area contributed by atoms with E-state index in [1.54, 1.807) is 0 Å². The third kappa shape index (κ3) is 5.82. The van der Waals surface area contributed by atoms with Crippen molar-refractivity contribution in [3.8, 4) is 0 Å². The van der Waals surface area contributed by atoms with Crippen LogP contribution in [-0.2, 0) is 0 Å². The Morgan fingerprint density at radius 1 is 1.50 bits per heavy atom. The minimum Gasteiger partial charge on any atom is -0.258 e. The van der Waals surface area contributed by atoms with E-state index in [4.69, 9.17) is 0 Å². The molecule has 0 rings (SSSR count). The predicted molar refractivity (Wildman–Crippen MR) is 53.5 cm³/mol. The Kier molecular flexibility index (Phi) is 4.62. The second-order valence-corrected chi connectivity index (χ2v) is 9.02. The smallest absolute Gasteiger partial charge is 0.258 e. The van der Waals surface area contributed by atoms with Crippen molar-refractivity contribution in [2.45, 2.75) is 2.14 Å². The van der Waals surface area contributed by atoms with Crippen LogP contribution in [0.4, 0.5) is 0 Å². The topological polar surface area (TPSA) is 43.1 Å². The van der Waals surface area contributed by atoms with Crippen LogP contribution in [0.25, 0.3) is 0 Å². The third-order valence-electron chi connectivity index (χ3n) is 0.457. The van der Waals surface area contributed by atoms with Crippen LogP contribution in [0.15, 0.2) is 10.7 Å². The molecule has 0 unspecified atom stereocenters. The molecule has 0 bridgehead atoms. The molecular formula is C3HBr4NO2. The average Bonchev–Trinajstić information content (AvgIpc) is 1.60. The number of hydrogen-bond donors (Lipinski definition) is 0. The summed E-state index contributed by atoms with van der Waals surface area (Å²) >= 11 is 12.0. The molecule has 7 heteroatoms. The van der Waals surface area contributed by atoms with Gasteiger partial charge in [0.15, 0.2) is 2.14 Å². The number of hydrogen-bond acceptors (Lipinski definition) is 2. The first kappa shape index (κ1) is 11.1. The molecule has 0 aliphatic carbocycles. The molecule has 10 heavy (non-hydrogen) atoms. The van der Waals surface area contributed by atoms with E-state index in [0.29, 0.717) is 0 Å². The van der Waals surface area contributed by atoms with E-state index >= 15 is 0 Å². The summed E-state index contributed by atoms with van der Waals surface area (Å²) in [7, 11) is 0. The minimum absolute atomic E-state index is 0.113. The molecule has 0 aromatic rings. The lowest BCUT2D eigenvalue weighted by atomic mass is 10.7. The van der Waals surface area contributed by atoms with Crippen molar-refractivity contribution in [2.24, 2.45) is 0 Å². The Labute approximate surface area is 90.9 Å². The molecule has 0 atom stereocenters. The maximum atomic E-state index is 10.0. The summed E-state index contributed by atoms with van der Waals surface area (Å²) < 4.78 is -0.822. The zero-order valence-electron chi connectivity index (χ0n) is 4.35. The van der Waals surface area contributed by atoms with Crippen LogP contribution in [0, 0.1) is 10.1 Å². The third-order valence-corrected chi connectivity index (χ3v) is 1.66. The zero-order chi connectivity index (χ0) is 8.36. The highest BCUT2D eigenvalue weighted by Gasteiger charge is 2.19. The molecule has 0 amide bonds. The van der Waals surface area contributed by atoms with Gasteiger partial charge >= 0.3 is 4.61 Å². The lowest BCUT2D eigenvalue weighted by Crippen LogP contribution is -1.98. The summed E-state index contributed by atoms with van der Waals surface area (Å²) in [5.74, 6) is 0. The van der Waals surface area contributed by atoms with Gasteiger partial charge in [-0.1, -0.05) is 47.8 Å². The molecular weight excluding hydrogens is 402 g/mol. The number of alkyl halides is 3. The first-order valence-corrected chi connectivity index (χ1v) is 5.09. The molecule has 0 fully saturated rings. The summed E-state index contributed by atoms with van der Waals surface area (Å²) in [5.41, 5.74) is 0. The molecule has 0 heterocycles. The number of nitrogens with zero attached hydrogens (tertiary/aromatic N) is 1. The summed E-state index contributed by atoms with van der Waals surface area (Å²) in [6.07, 6.45) is 1.31. The van der Waals surface area contributed by atoms with Gasteiger partial charge < -0.3 is 0 Å². The predicted octanol–water partition coefficient (Wildman–Crippen LogP) is 3.34. The second kappa shape index (κ2) is 4.18. The number of halogens is 4. The van der Waals surface area contributed by atoms with Crippen molar-refractivity contribution in [3.05, 3.63) is 20.8 Å². The molecule has 0 spiro atoms. The van der Waals surface area contributed by atoms with E-state index in [2.05, 4.69) is 63.7 Å². The van der Waals surface area contributed by atoms with E-state index in [1.807, 2.05) is 0 Å². The highest BCUT2D eigenvalue weighted by Crippen LogP contribution is 2.36. The quantitative estimate of drug-likeness (QED) is 0.292. The molecule has 0 aliphatic rings. The SMILES string of the molecule is O=[N+]([O-])C(Br)=CC(Br)(Br)Br. The summed E-state index contributed by atoms with van der Waals surface area (Å²) in [4.78, 5) is 9.46. The maximum absolute atomic E-state index is 10.0. The number of nitro groups is 1. The highest BCUT2D eigenvalue weighted by molar-refractivity contribution is 9.39. The van der Waals surface area contributed by atoms with Gasteiger partial charge in [-0.05, 0) is 0 Å². The van der Waals surface area contributed by atoms with Crippen molar-refractivity contribution in [1.29, 1.82) is 0 Å². The molecule has 0 aliphatic heterocycles. The van der Waals surface area contributed by atoms with Crippen LogP contribution in [-0.4, -0.2) is 7.07 Å². The standard InChI is InChI=1S/C3HBr4NO2/c4-2(8(9)10)1-3(5,6)7/h1H. The van der Waals surface area contributed by atoms with Gasteiger partial charge in [0.05, 0.1) is 4.92 Å². The minimum atomic E-state index is -0.709. The van der Waals surface area contributed by atoms with E-state index < -0.39 is 7.07 Å². The lowest BCUT2D eigenvalue weighted by molar-refractivity contribution is -0.409. The van der Waals surface area contributed by atoms with Crippen LogP contribution >= 0.6 is 63.7 Å². The number of rotatable bonds is 1. The van der Waals surface area contributed by atoms with E-state index in [1.165, 1.54) is 6.08 Å². The molecule has 0 saturated heterocycles. The largest absolute Gasteiger partial charge is 0.309 e. The summed E-state index contributed by atoms with van der Waals surface area (Å²) in [6.45, 7) is 0. The fourth-order valence-electron chi connectivity index (χ4n) is 0.188. The lowest BCUT2D eigenvalue weighted by Gasteiger charge is -2.01. The fraction of sp³-hybridized carbons (Fsp3) is 0.333. The highest BCUT2D eigenvalue weighted by atomic mass is 80.0. The van der Waals surface area contributed by atoms with Crippen molar-refractivity contribution in [3.63, 3.8) is 0 Å². The normalized spacial score (nSPS) is 13.4. The number of allylic oxidation sites excluding steroid dienone is 1. The average molecular weight is 403 g/mol. The fourth-order valence-corrected chi connectivity index (χ4v) is 2.10. The first-order valence-electron chi connectivity index (χ1n) is 1.92. The van der Waals surface area contributed by atoms with Gasteiger partial charge in [-0.25, -0.2) is 0 Å². The molecule has 0 radical (unpaired) electrons. The molecule has 0 aromatic carbocycles. The van der Waals surface area contributed by atoms with E-state index in [9.17, 15) is 10.1 Å². The van der Waals surface area contributed by atoms with Crippen molar-refractivity contribution in [2.75, 3.05) is 0 Å². The van der Waals surface area contributed by atoms with Gasteiger partial charge in [-0.2, -0.15) is 0 Å². The Balaban J connectivity index is 4.32. The summed E-state index contributed by atoms with van der Waals surface area (Å²) in [5, 5.41) is 10.0. The molecule has 0 aromatic heterocycles. The van der Waals surface area contributed by atoms with Gasteiger partial charge in [0, 0.05) is 22.0 Å². The van der Waals surface area contributed by atoms with Gasteiger partial charge in [0.25, 0.3) is 0 Å². The molecule has 0 saturated carbocycles. The van der Waals surface area contributed by atoms with Gasteiger partial charge in [0.2, 0.25) is 0 Å². The van der Waals surface area contributed by atoms with Crippen molar-refractivity contribution < 1.29 is 4.92 Å². The van der Waals surface area contributed by atoms with Crippen molar-refractivity contribution >= 4 is 63.7 Å². The monoisotopic (exact) mass is 399 g/mol. The maximum Gasteiger partial charge on any atom is 0.309 e. The Morgan fingerprint density at radius 2 is 1.90 bits per heavy atom. The first-order chi connectivity index (χ1) is 4.33. The van der Waals surface area contributed by atoms with Crippen LogP contribution in [0.3, 0.4) is 0 Å². The Hall–Kier alpha value is 1.06. The van der Waals surface area contributed by atoms with Crippen molar-refractivity contribution in [1.82, 2.24) is 0 Å². The Morgan fingerprint density at radius 3 is 2.00 bits per heavy atom. The van der Waals surface area contributed by atoms with Crippen LogP contribution in [0.1, 0.15) is 0 Å². The van der Waals surface area contributed by atoms with Gasteiger partial charge in [0.1, 0.15) is 0 Å². The molecule has 0 N–H and O–H groups in total. The second-order valence-electron chi connectivity index (χ2n) is 1.27.